The zero-order chi connectivity index (χ0) is 13.0. The number of benzene rings is 1. The fraction of sp³-hybridized carbons (Fsp3) is 0.214. The molecule has 0 aliphatic rings. The fourth-order valence-corrected chi connectivity index (χ4v) is 1.87. The molecule has 0 spiro atoms. The number of aromatic nitrogens is 1. The monoisotopic (exact) mass is 307 g/mol. The molecule has 18 heavy (non-hydrogen) atoms. The van der Waals surface area contributed by atoms with E-state index in [0.717, 1.165) is 27.2 Å². The van der Waals surface area contributed by atoms with Gasteiger partial charge in [0, 0.05) is 6.20 Å². The van der Waals surface area contributed by atoms with Crippen LogP contribution in [-0.2, 0) is 6.61 Å². The van der Waals surface area contributed by atoms with E-state index in [9.17, 15) is 0 Å². The van der Waals surface area contributed by atoms with Crippen LogP contribution in [-0.4, -0.2) is 12.1 Å². The van der Waals surface area contributed by atoms with Gasteiger partial charge in [-0.1, -0.05) is 12.1 Å². The molecule has 0 aliphatic carbocycles. The van der Waals surface area contributed by atoms with E-state index in [-0.39, 0.29) is 0 Å². The van der Waals surface area contributed by atoms with Crippen molar-refractivity contribution in [3.63, 3.8) is 0 Å². The smallest absolute Gasteiger partial charge is 0.137 e. The standard InChI is InChI=1S/C14H14BrNO2/c1-10-14(15)13(7-8-16-10)18-9-11-3-5-12(17-2)6-4-11/h3-8H,9H2,1-2H3. The van der Waals surface area contributed by atoms with Gasteiger partial charge in [0.2, 0.25) is 0 Å². The van der Waals surface area contributed by atoms with Crippen molar-refractivity contribution in [3.05, 3.63) is 52.3 Å². The van der Waals surface area contributed by atoms with Crippen LogP contribution in [0.15, 0.2) is 41.0 Å². The molecule has 0 atom stereocenters. The molecule has 1 aromatic heterocycles. The van der Waals surface area contributed by atoms with Crippen LogP contribution in [0.3, 0.4) is 0 Å². The third-order valence-corrected chi connectivity index (χ3v) is 3.55. The quantitative estimate of drug-likeness (QED) is 0.862. The molecule has 1 heterocycles. The van der Waals surface area contributed by atoms with Crippen LogP contribution in [0.5, 0.6) is 11.5 Å². The molecular formula is C14H14BrNO2. The molecule has 0 aliphatic heterocycles. The van der Waals surface area contributed by atoms with Crippen LogP contribution < -0.4 is 9.47 Å². The van der Waals surface area contributed by atoms with E-state index in [4.69, 9.17) is 9.47 Å². The first-order valence-corrected chi connectivity index (χ1v) is 6.37. The van der Waals surface area contributed by atoms with Crippen LogP contribution in [0.4, 0.5) is 0 Å². The topological polar surface area (TPSA) is 31.4 Å². The molecule has 2 aromatic rings. The Bertz CT molecular complexity index is 526. The minimum Gasteiger partial charge on any atom is -0.497 e. The molecule has 1 aromatic carbocycles. The first-order valence-electron chi connectivity index (χ1n) is 5.57. The summed E-state index contributed by atoms with van der Waals surface area (Å²) in [6.45, 7) is 2.45. The Morgan fingerprint density at radius 1 is 1.17 bits per heavy atom. The van der Waals surface area contributed by atoms with Crippen LogP contribution >= 0.6 is 15.9 Å². The lowest BCUT2D eigenvalue weighted by molar-refractivity contribution is 0.303. The van der Waals surface area contributed by atoms with Crippen molar-refractivity contribution in [1.29, 1.82) is 0 Å². The summed E-state index contributed by atoms with van der Waals surface area (Å²) in [6, 6.07) is 9.67. The maximum absolute atomic E-state index is 5.75. The summed E-state index contributed by atoms with van der Waals surface area (Å²) in [7, 11) is 1.66. The van der Waals surface area contributed by atoms with Crippen molar-refractivity contribution in [2.45, 2.75) is 13.5 Å². The molecule has 3 nitrogen and oxygen atoms in total. The minimum absolute atomic E-state index is 0.520. The Labute approximate surface area is 115 Å². The van der Waals surface area contributed by atoms with Crippen molar-refractivity contribution in [3.8, 4) is 11.5 Å². The summed E-state index contributed by atoms with van der Waals surface area (Å²) in [5.41, 5.74) is 2.01. The Hall–Kier alpha value is -1.55. The highest BCUT2D eigenvalue weighted by Crippen LogP contribution is 2.27. The largest absolute Gasteiger partial charge is 0.497 e. The van der Waals surface area contributed by atoms with Crippen LogP contribution in [0.25, 0.3) is 0 Å². The average Bonchev–Trinajstić information content (AvgIpc) is 2.41. The van der Waals surface area contributed by atoms with Crippen molar-refractivity contribution in [2.75, 3.05) is 7.11 Å². The van der Waals surface area contributed by atoms with Gasteiger partial charge in [-0.3, -0.25) is 4.98 Å². The maximum atomic E-state index is 5.75. The number of methoxy groups -OCH3 is 1. The molecule has 0 amide bonds. The van der Waals surface area contributed by atoms with Crippen molar-refractivity contribution in [1.82, 2.24) is 4.98 Å². The third-order valence-electron chi connectivity index (χ3n) is 2.58. The van der Waals surface area contributed by atoms with Crippen LogP contribution in [0, 0.1) is 6.92 Å². The normalized spacial score (nSPS) is 10.2. The minimum atomic E-state index is 0.520. The van der Waals surface area contributed by atoms with E-state index >= 15 is 0 Å². The number of aryl methyl sites for hydroxylation is 1. The van der Waals surface area contributed by atoms with Gasteiger partial charge in [-0.05, 0) is 46.6 Å². The van der Waals surface area contributed by atoms with Gasteiger partial charge in [0.1, 0.15) is 18.1 Å². The Morgan fingerprint density at radius 3 is 2.56 bits per heavy atom. The number of ether oxygens (including phenoxy) is 2. The highest BCUT2D eigenvalue weighted by molar-refractivity contribution is 9.10. The predicted molar refractivity (Wildman–Crippen MR) is 74.0 cm³/mol. The zero-order valence-corrected chi connectivity index (χ0v) is 11.9. The first kappa shape index (κ1) is 12.9. The molecule has 0 saturated heterocycles. The van der Waals surface area contributed by atoms with Gasteiger partial charge < -0.3 is 9.47 Å². The maximum Gasteiger partial charge on any atom is 0.137 e. The molecule has 0 N–H and O–H groups in total. The highest BCUT2D eigenvalue weighted by atomic mass is 79.9. The van der Waals surface area contributed by atoms with Crippen molar-refractivity contribution in [2.24, 2.45) is 0 Å². The molecule has 94 valence electrons. The SMILES string of the molecule is COc1ccc(COc2ccnc(C)c2Br)cc1. The van der Waals surface area contributed by atoms with Crippen molar-refractivity contribution >= 4 is 15.9 Å². The summed E-state index contributed by atoms with van der Waals surface area (Å²) >= 11 is 3.47. The summed E-state index contributed by atoms with van der Waals surface area (Å²) in [4.78, 5) is 4.17. The van der Waals surface area contributed by atoms with Gasteiger partial charge in [0.05, 0.1) is 17.3 Å². The Morgan fingerprint density at radius 2 is 1.89 bits per heavy atom. The van der Waals surface area contributed by atoms with Crippen LogP contribution in [0.1, 0.15) is 11.3 Å². The lowest BCUT2D eigenvalue weighted by Crippen LogP contribution is -1.97. The molecule has 0 bridgehead atoms. The zero-order valence-electron chi connectivity index (χ0n) is 10.3. The summed E-state index contributed by atoms with van der Waals surface area (Å²) in [5, 5.41) is 0. The molecule has 0 radical (unpaired) electrons. The Kier molecular flexibility index (Phi) is 4.20. The number of halogens is 1. The predicted octanol–water partition coefficient (Wildman–Crippen LogP) is 3.74. The third kappa shape index (κ3) is 3.01. The average molecular weight is 308 g/mol. The highest BCUT2D eigenvalue weighted by Gasteiger charge is 2.04. The second-order valence-corrected chi connectivity index (χ2v) is 4.64. The van der Waals surface area contributed by atoms with E-state index in [2.05, 4.69) is 20.9 Å². The number of hydrogen-bond donors (Lipinski definition) is 0. The lowest BCUT2D eigenvalue weighted by atomic mass is 10.2. The first-order chi connectivity index (χ1) is 8.70. The summed E-state index contributed by atoms with van der Waals surface area (Å²) in [6.07, 6.45) is 1.74. The molecule has 4 heteroatoms. The van der Waals surface area contributed by atoms with Gasteiger partial charge >= 0.3 is 0 Å². The number of hydrogen-bond acceptors (Lipinski definition) is 3. The number of pyridine rings is 1. The van der Waals surface area contributed by atoms with Gasteiger partial charge in [-0.2, -0.15) is 0 Å². The molecular weight excluding hydrogens is 294 g/mol. The Balaban J connectivity index is 2.04. The van der Waals surface area contributed by atoms with Crippen LogP contribution in [0.2, 0.25) is 0 Å². The van der Waals surface area contributed by atoms with E-state index < -0.39 is 0 Å². The molecule has 0 unspecified atom stereocenters. The van der Waals surface area contributed by atoms with Gasteiger partial charge in [-0.25, -0.2) is 0 Å². The van der Waals surface area contributed by atoms with Gasteiger partial charge in [-0.15, -0.1) is 0 Å². The summed E-state index contributed by atoms with van der Waals surface area (Å²) in [5.74, 6) is 1.65. The van der Waals surface area contributed by atoms with E-state index in [1.165, 1.54) is 0 Å². The lowest BCUT2D eigenvalue weighted by Gasteiger charge is -2.09. The van der Waals surface area contributed by atoms with Crippen molar-refractivity contribution < 1.29 is 9.47 Å². The van der Waals surface area contributed by atoms with Gasteiger partial charge in [0.15, 0.2) is 0 Å². The van der Waals surface area contributed by atoms with E-state index in [1.807, 2.05) is 37.3 Å². The van der Waals surface area contributed by atoms with Gasteiger partial charge in [0.25, 0.3) is 0 Å². The number of nitrogens with zero attached hydrogens (tertiary/aromatic N) is 1. The molecule has 2 rings (SSSR count). The fourth-order valence-electron chi connectivity index (χ4n) is 1.52. The van der Waals surface area contributed by atoms with E-state index in [0.29, 0.717) is 6.61 Å². The molecule has 0 saturated carbocycles. The van der Waals surface area contributed by atoms with E-state index in [1.54, 1.807) is 13.3 Å². The summed E-state index contributed by atoms with van der Waals surface area (Å²) < 4.78 is 11.8. The second kappa shape index (κ2) is 5.87. The second-order valence-electron chi connectivity index (χ2n) is 3.85. The molecule has 0 fully saturated rings. The number of rotatable bonds is 4.